The lowest BCUT2D eigenvalue weighted by Gasteiger charge is -2.31. The standard InChI is InChI=1S/C20H24O7/c1-6-9(2)18(23)26-17-10(3)12(21)7-14-20(5,27-14)8-13-15(16(17)22)11(4)19(24)25-13/h6,13-17,22H,3-4,7-8H2,1-2,5H3/b9-6-/t13-,14-,15-,16+,17-,20+/m0/s1. The molecular formula is C20H24O7. The highest BCUT2D eigenvalue weighted by Gasteiger charge is 2.59. The molecule has 7 nitrogen and oxygen atoms in total. The maximum atomic E-state index is 12.6. The summed E-state index contributed by atoms with van der Waals surface area (Å²) in [6.07, 6.45) is -1.77. The molecule has 0 aromatic rings. The second-order valence-corrected chi connectivity index (χ2v) is 7.56. The third-order valence-corrected chi connectivity index (χ3v) is 5.70. The predicted octanol–water partition coefficient (Wildman–Crippen LogP) is 1.40. The van der Waals surface area contributed by atoms with Crippen molar-refractivity contribution in [2.45, 2.75) is 63.6 Å². The van der Waals surface area contributed by atoms with Gasteiger partial charge >= 0.3 is 11.9 Å². The van der Waals surface area contributed by atoms with Gasteiger partial charge in [0.15, 0.2) is 11.9 Å². The van der Waals surface area contributed by atoms with Gasteiger partial charge in [-0.25, -0.2) is 9.59 Å². The zero-order valence-corrected chi connectivity index (χ0v) is 15.7. The van der Waals surface area contributed by atoms with E-state index in [1.807, 2.05) is 6.92 Å². The smallest absolute Gasteiger partial charge is 0.334 e. The van der Waals surface area contributed by atoms with Crippen LogP contribution in [0.4, 0.5) is 0 Å². The second kappa shape index (κ2) is 6.73. The number of hydrogen-bond acceptors (Lipinski definition) is 7. The molecule has 1 saturated carbocycles. The summed E-state index contributed by atoms with van der Waals surface area (Å²) in [6, 6.07) is 0. The van der Waals surface area contributed by atoms with Crippen molar-refractivity contribution in [3.8, 4) is 0 Å². The van der Waals surface area contributed by atoms with Gasteiger partial charge in [-0.2, -0.15) is 0 Å². The minimum absolute atomic E-state index is 0.0367. The summed E-state index contributed by atoms with van der Waals surface area (Å²) in [5.74, 6) is -2.47. The Labute approximate surface area is 157 Å². The topological polar surface area (TPSA) is 102 Å². The van der Waals surface area contributed by atoms with E-state index in [0.717, 1.165) is 0 Å². The molecule has 3 rings (SSSR count). The van der Waals surface area contributed by atoms with E-state index in [2.05, 4.69) is 13.2 Å². The van der Waals surface area contributed by atoms with Crippen molar-refractivity contribution < 1.29 is 33.7 Å². The van der Waals surface area contributed by atoms with Crippen LogP contribution in [0.15, 0.2) is 36.0 Å². The van der Waals surface area contributed by atoms with Crippen LogP contribution in [-0.4, -0.2) is 52.8 Å². The highest BCUT2D eigenvalue weighted by Crippen LogP contribution is 2.48. The van der Waals surface area contributed by atoms with E-state index < -0.39 is 41.8 Å². The van der Waals surface area contributed by atoms with Crippen molar-refractivity contribution in [1.82, 2.24) is 0 Å². The lowest BCUT2D eigenvalue weighted by atomic mass is 9.79. The number of aliphatic hydroxyl groups is 1. The number of carbonyl (C=O) groups is 3. The minimum Gasteiger partial charge on any atom is -0.458 e. The van der Waals surface area contributed by atoms with Crippen LogP contribution in [-0.2, 0) is 28.6 Å². The Morgan fingerprint density at radius 1 is 1.33 bits per heavy atom. The SMILES string of the molecule is C=C1C(=O)O[C@H]2C[C@@]3(C)O[C@H]3CC(=O)C(=C)[C@H](OC(=O)/C(C)=C\C)[C@H](O)[C@@H]12. The summed E-state index contributed by atoms with van der Waals surface area (Å²) in [4.78, 5) is 36.9. The second-order valence-electron chi connectivity index (χ2n) is 7.56. The van der Waals surface area contributed by atoms with E-state index in [0.29, 0.717) is 12.0 Å². The quantitative estimate of drug-likeness (QED) is 0.441. The Kier molecular flexibility index (Phi) is 4.86. The van der Waals surface area contributed by atoms with Crippen LogP contribution in [0.1, 0.15) is 33.6 Å². The lowest BCUT2D eigenvalue weighted by molar-refractivity contribution is -0.152. The number of ketones is 1. The third kappa shape index (κ3) is 3.37. The summed E-state index contributed by atoms with van der Waals surface area (Å²) < 4.78 is 16.5. The predicted molar refractivity (Wildman–Crippen MR) is 94.5 cm³/mol. The molecule has 2 aliphatic heterocycles. The summed E-state index contributed by atoms with van der Waals surface area (Å²) in [5, 5.41) is 11.0. The summed E-state index contributed by atoms with van der Waals surface area (Å²) in [6.45, 7) is 12.6. The van der Waals surface area contributed by atoms with E-state index in [-0.39, 0.29) is 29.5 Å². The number of rotatable bonds is 2. The van der Waals surface area contributed by atoms with E-state index >= 15 is 0 Å². The lowest BCUT2D eigenvalue weighted by Crippen LogP contribution is -2.45. The van der Waals surface area contributed by atoms with Gasteiger partial charge in [0.2, 0.25) is 0 Å². The van der Waals surface area contributed by atoms with Gasteiger partial charge in [-0.3, -0.25) is 4.79 Å². The summed E-state index contributed by atoms with van der Waals surface area (Å²) in [5.41, 5.74) is -0.246. The number of hydrogen-bond donors (Lipinski definition) is 1. The molecule has 0 amide bonds. The first-order chi connectivity index (χ1) is 12.6. The minimum atomic E-state index is -1.39. The van der Waals surface area contributed by atoms with Gasteiger partial charge < -0.3 is 19.3 Å². The number of esters is 2. The Morgan fingerprint density at radius 2 is 2.00 bits per heavy atom. The van der Waals surface area contributed by atoms with Crippen molar-refractivity contribution in [1.29, 1.82) is 0 Å². The van der Waals surface area contributed by atoms with Crippen LogP contribution in [0.3, 0.4) is 0 Å². The van der Waals surface area contributed by atoms with Crippen LogP contribution < -0.4 is 0 Å². The molecule has 2 saturated heterocycles. The average molecular weight is 376 g/mol. The number of Topliss-reactive ketones (excluding diaryl/α,β-unsaturated/α-hetero) is 1. The van der Waals surface area contributed by atoms with Gasteiger partial charge in [-0.1, -0.05) is 19.2 Å². The first-order valence-electron chi connectivity index (χ1n) is 8.90. The number of aliphatic hydroxyl groups excluding tert-OH is 1. The number of fused-ring (bicyclic) bond motifs is 2. The monoisotopic (exact) mass is 376 g/mol. The molecule has 0 aromatic carbocycles. The van der Waals surface area contributed by atoms with E-state index in [1.54, 1.807) is 19.9 Å². The van der Waals surface area contributed by atoms with Crippen molar-refractivity contribution in [3.63, 3.8) is 0 Å². The Bertz CT molecular complexity index is 764. The number of ether oxygens (including phenoxy) is 3. The maximum absolute atomic E-state index is 12.6. The Morgan fingerprint density at radius 3 is 2.63 bits per heavy atom. The van der Waals surface area contributed by atoms with Gasteiger partial charge in [0.25, 0.3) is 0 Å². The van der Waals surface area contributed by atoms with Crippen LogP contribution in [0.5, 0.6) is 0 Å². The maximum Gasteiger partial charge on any atom is 0.334 e. The molecule has 0 spiro atoms. The molecule has 1 N–H and O–H groups in total. The first kappa shape index (κ1) is 19.5. The summed E-state index contributed by atoms with van der Waals surface area (Å²) in [7, 11) is 0. The fourth-order valence-corrected chi connectivity index (χ4v) is 3.69. The van der Waals surface area contributed by atoms with Crippen molar-refractivity contribution in [2.24, 2.45) is 5.92 Å². The van der Waals surface area contributed by atoms with Gasteiger partial charge in [-0.05, 0) is 20.8 Å². The molecule has 7 heteroatoms. The highest BCUT2D eigenvalue weighted by molar-refractivity contribution is 5.98. The fourth-order valence-electron chi connectivity index (χ4n) is 3.69. The molecule has 27 heavy (non-hydrogen) atoms. The Balaban J connectivity index is 1.97. The first-order valence-corrected chi connectivity index (χ1v) is 8.90. The molecule has 146 valence electrons. The normalized spacial score (nSPS) is 39.4. The van der Waals surface area contributed by atoms with Gasteiger partial charge in [-0.15, -0.1) is 0 Å². The largest absolute Gasteiger partial charge is 0.458 e. The van der Waals surface area contributed by atoms with Crippen molar-refractivity contribution in [3.05, 3.63) is 36.0 Å². The fraction of sp³-hybridized carbons (Fsp3) is 0.550. The zero-order chi connectivity index (χ0) is 20.1. The van der Waals surface area contributed by atoms with Crippen LogP contribution in [0.25, 0.3) is 0 Å². The van der Waals surface area contributed by atoms with Crippen LogP contribution in [0, 0.1) is 5.92 Å². The number of epoxide rings is 1. The molecule has 1 aliphatic carbocycles. The van der Waals surface area contributed by atoms with Crippen molar-refractivity contribution >= 4 is 17.7 Å². The molecule has 2 heterocycles. The molecule has 0 unspecified atom stereocenters. The summed E-state index contributed by atoms with van der Waals surface area (Å²) >= 11 is 0. The van der Waals surface area contributed by atoms with E-state index in [1.165, 1.54) is 0 Å². The molecule has 6 atom stereocenters. The third-order valence-electron chi connectivity index (χ3n) is 5.70. The van der Waals surface area contributed by atoms with Gasteiger partial charge in [0.1, 0.15) is 12.2 Å². The molecule has 3 fully saturated rings. The highest BCUT2D eigenvalue weighted by atomic mass is 16.6. The number of carbonyl (C=O) groups excluding carboxylic acids is 3. The number of allylic oxidation sites excluding steroid dienone is 1. The van der Waals surface area contributed by atoms with Crippen molar-refractivity contribution in [2.75, 3.05) is 0 Å². The molecule has 3 aliphatic rings. The van der Waals surface area contributed by atoms with Crippen LogP contribution >= 0.6 is 0 Å². The molecule has 0 bridgehead atoms. The van der Waals surface area contributed by atoms with E-state index in [9.17, 15) is 19.5 Å². The van der Waals surface area contributed by atoms with Crippen LogP contribution in [0.2, 0.25) is 0 Å². The molecule has 0 aromatic heterocycles. The zero-order valence-electron chi connectivity index (χ0n) is 15.7. The van der Waals surface area contributed by atoms with Gasteiger partial charge in [0.05, 0.1) is 17.6 Å². The average Bonchev–Trinajstić information content (AvgIpc) is 3.15. The Hall–Kier alpha value is -2.25. The molecular weight excluding hydrogens is 352 g/mol. The van der Waals surface area contributed by atoms with E-state index in [4.69, 9.17) is 14.2 Å². The molecule has 0 radical (unpaired) electrons. The van der Waals surface area contributed by atoms with Gasteiger partial charge in [0, 0.05) is 29.6 Å².